The summed E-state index contributed by atoms with van der Waals surface area (Å²) in [6.07, 6.45) is 97.5. The number of unbranched alkanes of at least 4 members (excludes halogenated alkanes) is 28. The Balaban J connectivity index is 4.42. The lowest BCUT2D eigenvalue weighted by molar-refractivity contribution is -0.167. The van der Waals surface area contributed by atoms with E-state index in [0.717, 1.165) is 128 Å². The van der Waals surface area contributed by atoms with Crippen LogP contribution in [0.2, 0.25) is 0 Å². The van der Waals surface area contributed by atoms with Gasteiger partial charge in [-0.3, -0.25) is 14.4 Å². The topological polar surface area (TPSA) is 78.9 Å². The Hall–Kier alpha value is -4.45. The van der Waals surface area contributed by atoms with Gasteiger partial charge in [-0.25, -0.2) is 0 Å². The zero-order valence-corrected chi connectivity index (χ0v) is 53.5. The van der Waals surface area contributed by atoms with Gasteiger partial charge < -0.3 is 14.2 Å². The van der Waals surface area contributed by atoms with Crippen molar-refractivity contribution in [3.8, 4) is 0 Å². The Bertz CT molecular complexity index is 1730. The van der Waals surface area contributed by atoms with E-state index in [9.17, 15) is 14.4 Å². The van der Waals surface area contributed by atoms with E-state index in [-0.39, 0.29) is 31.1 Å². The van der Waals surface area contributed by atoms with Crippen LogP contribution in [-0.4, -0.2) is 37.2 Å². The summed E-state index contributed by atoms with van der Waals surface area (Å²) in [6.45, 7) is 6.50. The maximum absolute atomic E-state index is 12.9. The van der Waals surface area contributed by atoms with Gasteiger partial charge in [-0.15, -0.1) is 0 Å². The number of carbonyl (C=O) groups excluding carboxylic acids is 3. The van der Waals surface area contributed by atoms with Crippen LogP contribution in [0.3, 0.4) is 0 Å². The molecule has 0 fully saturated rings. The molecule has 0 spiro atoms. The molecular formula is C76H126O6. The molecular weight excluding hydrogens is 1010 g/mol. The summed E-state index contributed by atoms with van der Waals surface area (Å²) in [4.78, 5) is 38.4. The number of hydrogen-bond donors (Lipinski definition) is 0. The van der Waals surface area contributed by atoms with Gasteiger partial charge in [0.2, 0.25) is 0 Å². The van der Waals surface area contributed by atoms with Gasteiger partial charge in [0, 0.05) is 19.3 Å². The Morgan fingerprint density at radius 3 is 0.768 bits per heavy atom. The van der Waals surface area contributed by atoms with Crippen molar-refractivity contribution in [1.82, 2.24) is 0 Å². The van der Waals surface area contributed by atoms with E-state index in [1.165, 1.54) is 141 Å². The molecule has 0 aromatic carbocycles. The number of esters is 3. The average Bonchev–Trinajstić information content (AvgIpc) is 3.47. The number of hydrogen-bond acceptors (Lipinski definition) is 6. The first-order valence-corrected chi connectivity index (χ1v) is 34.2. The lowest BCUT2D eigenvalue weighted by Gasteiger charge is -2.18. The lowest BCUT2D eigenvalue weighted by Crippen LogP contribution is -2.30. The molecule has 0 amide bonds. The molecule has 1 atom stereocenters. The van der Waals surface area contributed by atoms with Crippen LogP contribution in [0, 0.1) is 0 Å². The highest BCUT2D eigenvalue weighted by Gasteiger charge is 2.19. The van der Waals surface area contributed by atoms with Crippen LogP contribution >= 0.6 is 0 Å². The summed E-state index contributed by atoms with van der Waals surface area (Å²) in [5, 5.41) is 0. The van der Waals surface area contributed by atoms with Crippen LogP contribution in [0.1, 0.15) is 310 Å². The fourth-order valence-corrected chi connectivity index (χ4v) is 9.25. The normalized spacial score (nSPS) is 13.0. The minimum atomic E-state index is -0.803. The first-order chi connectivity index (χ1) is 40.5. The molecule has 0 rings (SSSR count). The Morgan fingerprint density at radius 1 is 0.256 bits per heavy atom. The highest BCUT2D eigenvalue weighted by atomic mass is 16.6. The summed E-state index contributed by atoms with van der Waals surface area (Å²) in [7, 11) is 0. The van der Waals surface area contributed by atoms with E-state index >= 15 is 0 Å². The fraction of sp³-hybridized carbons (Fsp3) is 0.671. The van der Waals surface area contributed by atoms with E-state index in [0.29, 0.717) is 19.3 Å². The van der Waals surface area contributed by atoms with Gasteiger partial charge in [0.1, 0.15) is 13.2 Å². The van der Waals surface area contributed by atoms with Crippen LogP contribution in [0.5, 0.6) is 0 Å². The summed E-state index contributed by atoms with van der Waals surface area (Å²) in [6, 6.07) is 0. The van der Waals surface area contributed by atoms with Crippen LogP contribution in [0.15, 0.2) is 134 Å². The van der Waals surface area contributed by atoms with Crippen LogP contribution < -0.4 is 0 Å². The first kappa shape index (κ1) is 77.5. The third-order valence-electron chi connectivity index (χ3n) is 14.4. The fourth-order valence-electron chi connectivity index (χ4n) is 9.25. The van der Waals surface area contributed by atoms with Crippen molar-refractivity contribution in [2.45, 2.75) is 316 Å². The molecule has 6 heteroatoms. The van der Waals surface area contributed by atoms with E-state index in [4.69, 9.17) is 14.2 Å². The largest absolute Gasteiger partial charge is 0.462 e. The molecule has 0 bridgehead atoms. The minimum Gasteiger partial charge on any atom is -0.462 e. The summed E-state index contributed by atoms with van der Waals surface area (Å²) in [5.74, 6) is -0.937. The predicted molar refractivity (Wildman–Crippen MR) is 357 cm³/mol. The van der Waals surface area contributed by atoms with Crippen molar-refractivity contribution in [2.24, 2.45) is 0 Å². The van der Waals surface area contributed by atoms with Gasteiger partial charge in [0.25, 0.3) is 0 Å². The molecule has 0 aliphatic carbocycles. The zero-order chi connectivity index (χ0) is 59.2. The minimum absolute atomic E-state index is 0.0967. The molecule has 0 aliphatic rings. The maximum atomic E-state index is 12.9. The smallest absolute Gasteiger partial charge is 0.306 e. The Labute approximate surface area is 506 Å². The lowest BCUT2D eigenvalue weighted by atomic mass is 10.1. The van der Waals surface area contributed by atoms with Gasteiger partial charge in [-0.2, -0.15) is 0 Å². The Morgan fingerprint density at radius 2 is 0.476 bits per heavy atom. The van der Waals surface area contributed by atoms with Gasteiger partial charge in [0.05, 0.1) is 0 Å². The van der Waals surface area contributed by atoms with Gasteiger partial charge >= 0.3 is 17.9 Å². The first-order valence-electron chi connectivity index (χ1n) is 34.2. The van der Waals surface area contributed by atoms with E-state index in [2.05, 4.69) is 154 Å². The number of carbonyl (C=O) groups is 3. The summed E-state index contributed by atoms with van der Waals surface area (Å²) in [5.41, 5.74) is 0. The van der Waals surface area contributed by atoms with Crippen molar-refractivity contribution >= 4 is 17.9 Å². The molecule has 0 aromatic rings. The van der Waals surface area contributed by atoms with Gasteiger partial charge in [-0.1, -0.05) is 283 Å². The second kappa shape index (κ2) is 69.0. The van der Waals surface area contributed by atoms with Crippen molar-refractivity contribution < 1.29 is 28.6 Å². The zero-order valence-electron chi connectivity index (χ0n) is 53.5. The van der Waals surface area contributed by atoms with Gasteiger partial charge in [0.15, 0.2) is 6.10 Å². The molecule has 6 nitrogen and oxygen atoms in total. The third-order valence-corrected chi connectivity index (χ3v) is 14.4. The maximum Gasteiger partial charge on any atom is 0.306 e. The molecule has 466 valence electrons. The number of ether oxygens (including phenoxy) is 3. The van der Waals surface area contributed by atoms with Crippen molar-refractivity contribution in [2.75, 3.05) is 13.2 Å². The number of rotatable bonds is 61. The molecule has 0 saturated carbocycles. The molecule has 0 heterocycles. The molecule has 82 heavy (non-hydrogen) atoms. The SMILES string of the molecule is CC/C=C\C/C=C\C/C=C\C/C=C\C/C=C\C/C=C\C/C=C\C/C=C\C/C=C\CCCCCC(=O)OCC(COC(=O)CCCCCCC/C=C\CCCCCCCC)OC(=O)CCCCCCCCC/C=C\CCCCCCCCC. The molecule has 0 aliphatic heterocycles. The summed E-state index contributed by atoms with van der Waals surface area (Å²) < 4.78 is 16.9. The quantitative estimate of drug-likeness (QED) is 0.0261. The Kier molecular flexibility index (Phi) is 65.3. The summed E-state index contributed by atoms with van der Waals surface area (Å²) >= 11 is 0. The molecule has 0 N–H and O–H groups in total. The molecule has 0 radical (unpaired) electrons. The molecule has 1 unspecified atom stereocenters. The highest BCUT2D eigenvalue weighted by molar-refractivity contribution is 5.71. The van der Waals surface area contributed by atoms with Crippen LogP contribution in [-0.2, 0) is 28.6 Å². The van der Waals surface area contributed by atoms with Crippen LogP contribution in [0.4, 0.5) is 0 Å². The van der Waals surface area contributed by atoms with Crippen molar-refractivity contribution in [3.05, 3.63) is 134 Å². The van der Waals surface area contributed by atoms with Gasteiger partial charge in [-0.05, 0) is 141 Å². The van der Waals surface area contributed by atoms with Crippen molar-refractivity contribution in [3.63, 3.8) is 0 Å². The van der Waals surface area contributed by atoms with E-state index < -0.39 is 6.10 Å². The predicted octanol–water partition coefficient (Wildman–Crippen LogP) is 23.7. The van der Waals surface area contributed by atoms with Crippen molar-refractivity contribution in [1.29, 1.82) is 0 Å². The monoisotopic (exact) mass is 1130 g/mol. The third kappa shape index (κ3) is 66.4. The number of allylic oxidation sites excluding steroid dienone is 22. The van der Waals surface area contributed by atoms with E-state index in [1.54, 1.807) is 0 Å². The van der Waals surface area contributed by atoms with Crippen LogP contribution in [0.25, 0.3) is 0 Å². The molecule has 0 aromatic heterocycles. The standard InChI is InChI=1S/C76H126O6/c1-4-7-10-13-16-19-22-25-28-30-32-33-34-35-36-37-38-39-40-41-42-43-44-46-48-51-54-57-60-63-66-69-75(78)81-72-73(71-80-74(77)68-65-62-59-56-53-50-47-27-24-21-18-15-12-9-6-3)82-76(79)70-67-64-61-58-55-52-49-45-31-29-26-23-20-17-14-11-8-5-2/h7,10,16,19,25,27-29,31-33,35-36,38-39,41-42,44,46-47,51,54,73H,4-6,8-9,11-15,17-18,20-24,26,30,34,37,40,43,45,48-50,52-53,55-72H2,1-3H3/b10-7-,19-16-,28-25-,31-29-,33-32-,36-35-,39-38-,42-41-,46-44-,47-27-,54-51-. The molecule has 0 saturated heterocycles. The second-order valence-electron chi connectivity index (χ2n) is 22.3. The average molecular weight is 1140 g/mol. The van der Waals surface area contributed by atoms with E-state index in [1.807, 2.05) is 0 Å². The second-order valence-corrected chi connectivity index (χ2v) is 22.3. The highest BCUT2D eigenvalue weighted by Crippen LogP contribution is 2.15.